The van der Waals surface area contributed by atoms with E-state index in [1.54, 1.807) is 54.6 Å². The minimum Gasteiger partial charge on any atom is -0.339 e. The minimum absolute atomic E-state index is 0.173. The van der Waals surface area contributed by atoms with E-state index in [-0.39, 0.29) is 5.11 Å². The first-order valence-electron chi connectivity index (χ1n) is 7.01. The number of carbonyl (C=O) groups excluding carboxylic acids is 1. The van der Waals surface area contributed by atoms with E-state index in [0.717, 1.165) is 0 Å². The van der Waals surface area contributed by atoms with Gasteiger partial charge >= 0.3 is 0 Å². The van der Waals surface area contributed by atoms with Gasteiger partial charge in [0, 0.05) is 16.3 Å². The number of amides is 1. The highest BCUT2D eigenvalue weighted by Gasteiger charge is 2.34. The molecule has 2 aromatic rings. The summed E-state index contributed by atoms with van der Waals surface area (Å²) in [4.78, 5) is 12.3. The van der Waals surface area contributed by atoms with Crippen molar-refractivity contribution < 1.29 is 4.79 Å². The number of anilines is 1. The molecule has 0 aliphatic heterocycles. The van der Waals surface area contributed by atoms with Crippen LogP contribution in [0.3, 0.4) is 0 Å². The molecule has 0 aliphatic carbocycles. The molecule has 0 aromatic heterocycles. The smallest absolute Gasteiger partial charge is 0.252 e. The van der Waals surface area contributed by atoms with Crippen LogP contribution in [0.15, 0.2) is 54.6 Å². The Morgan fingerprint density at radius 2 is 1.56 bits per heavy atom. The Morgan fingerprint density at radius 1 is 0.960 bits per heavy atom. The van der Waals surface area contributed by atoms with Gasteiger partial charge in [0.25, 0.3) is 5.91 Å². The molecule has 132 valence electrons. The fraction of sp³-hybridized carbons (Fsp3) is 0.125. The predicted octanol–water partition coefficient (Wildman–Crippen LogP) is 4.75. The summed E-state index contributed by atoms with van der Waals surface area (Å²) >= 11 is 28.9. The van der Waals surface area contributed by atoms with Gasteiger partial charge in [-0.2, -0.15) is 0 Å². The Kier molecular flexibility index (Phi) is 7.16. The number of hydrogen-bond donors (Lipinski definition) is 3. The zero-order valence-electron chi connectivity index (χ0n) is 12.6. The highest BCUT2D eigenvalue weighted by atomic mass is 35.6. The molecular formula is C16H13Cl4N3OS. The van der Waals surface area contributed by atoms with Crippen molar-refractivity contribution in [1.82, 2.24) is 10.6 Å². The summed E-state index contributed by atoms with van der Waals surface area (Å²) in [5.41, 5.74) is 1.12. The summed E-state index contributed by atoms with van der Waals surface area (Å²) in [5, 5.41) is 9.07. The normalized spacial score (nSPS) is 12.2. The van der Waals surface area contributed by atoms with Crippen molar-refractivity contribution in [2.75, 3.05) is 5.32 Å². The number of nitrogens with one attached hydrogen (secondary N) is 3. The number of thiocarbonyl (C=S) groups is 1. The molecule has 0 fully saturated rings. The Bertz CT molecular complexity index is 735. The van der Waals surface area contributed by atoms with E-state index in [0.29, 0.717) is 16.3 Å². The minimum atomic E-state index is -1.82. The average molecular weight is 437 g/mol. The van der Waals surface area contributed by atoms with Crippen LogP contribution in [-0.2, 0) is 0 Å². The number of halogens is 4. The third kappa shape index (κ3) is 6.53. The van der Waals surface area contributed by atoms with Gasteiger partial charge in [0.15, 0.2) is 5.11 Å². The lowest BCUT2D eigenvalue weighted by Gasteiger charge is -2.27. The second-order valence-corrected chi connectivity index (χ2v) is 8.13. The number of hydrogen-bond acceptors (Lipinski definition) is 2. The number of alkyl halides is 3. The fourth-order valence-corrected chi connectivity index (χ4v) is 2.52. The van der Waals surface area contributed by atoms with Crippen molar-refractivity contribution in [3.63, 3.8) is 0 Å². The monoisotopic (exact) mass is 435 g/mol. The molecule has 0 saturated carbocycles. The summed E-state index contributed by atoms with van der Waals surface area (Å²) in [7, 11) is 0. The molecule has 0 saturated heterocycles. The molecule has 0 aliphatic rings. The molecule has 0 unspecified atom stereocenters. The van der Waals surface area contributed by atoms with Crippen LogP contribution in [0.4, 0.5) is 5.69 Å². The van der Waals surface area contributed by atoms with Crippen LogP contribution in [0.25, 0.3) is 0 Å². The number of rotatable bonds is 4. The molecule has 0 bridgehead atoms. The first-order valence-corrected chi connectivity index (χ1v) is 8.93. The Labute approximate surface area is 170 Å². The predicted molar refractivity (Wildman–Crippen MR) is 109 cm³/mol. The van der Waals surface area contributed by atoms with Crippen LogP contribution in [0.5, 0.6) is 0 Å². The summed E-state index contributed by atoms with van der Waals surface area (Å²) < 4.78 is -1.82. The third-order valence-corrected chi connectivity index (χ3v) is 4.14. The van der Waals surface area contributed by atoms with Crippen LogP contribution >= 0.6 is 58.6 Å². The van der Waals surface area contributed by atoms with E-state index < -0.39 is 15.9 Å². The van der Waals surface area contributed by atoms with Crippen LogP contribution in [0, 0.1) is 0 Å². The molecule has 9 heteroatoms. The maximum Gasteiger partial charge on any atom is 0.252 e. The van der Waals surface area contributed by atoms with Gasteiger partial charge in [-0.05, 0) is 48.6 Å². The van der Waals surface area contributed by atoms with Gasteiger partial charge in [0.05, 0.1) is 0 Å². The largest absolute Gasteiger partial charge is 0.339 e. The zero-order valence-corrected chi connectivity index (χ0v) is 16.4. The highest BCUT2D eigenvalue weighted by Crippen LogP contribution is 2.29. The van der Waals surface area contributed by atoms with Crippen molar-refractivity contribution in [1.29, 1.82) is 0 Å². The standard InChI is InChI=1S/C16H13Cl4N3OS/c17-11-6-8-12(9-7-11)21-15(25)23-14(16(18,19)20)22-13(24)10-4-2-1-3-5-10/h1-9,14H,(H,22,24)(H2,21,23,25)/t14-/m0/s1. The molecular weight excluding hydrogens is 424 g/mol. The lowest BCUT2D eigenvalue weighted by atomic mass is 10.2. The van der Waals surface area contributed by atoms with Crippen molar-refractivity contribution in [2.24, 2.45) is 0 Å². The number of carbonyl (C=O) groups is 1. The molecule has 2 aromatic carbocycles. The Balaban J connectivity index is 2.03. The van der Waals surface area contributed by atoms with Crippen molar-refractivity contribution in [3.05, 3.63) is 65.2 Å². The summed E-state index contributed by atoms with van der Waals surface area (Å²) in [5.74, 6) is -0.404. The fourth-order valence-electron chi connectivity index (χ4n) is 1.84. The summed E-state index contributed by atoms with van der Waals surface area (Å²) in [6, 6.07) is 15.5. The van der Waals surface area contributed by atoms with Gasteiger partial charge in [-0.15, -0.1) is 0 Å². The molecule has 1 amide bonds. The SMILES string of the molecule is O=C(N[C@@H](NC(=S)Nc1ccc(Cl)cc1)C(Cl)(Cl)Cl)c1ccccc1. The van der Waals surface area contributed by atoms with Gasteiger partial charge in [-0.1, -0.05) is 64.6 Å². The molecule has 0 heterocycles. The van der Waals surface area contributed by atoms with Crippen LogP contribution < -0.4 is 16.0 Å². The van der Waals surface area contributed by atoms with Crippen molar-refractivity contribution >= 4 is 75.3 Å². The Hall–Kier alpha value is -1.24. The molecule has 0 radical (unpaired) electrons. The van der Waals surface area contributed by atoms with Gasteiger partial charge < -0.3 is 16.0 Å². The maximum absolute atomic E-state index is 12.3. The third-order valence-electron chi connectivity index (χ3n) is 3.02. The molecule has 3 N–H and O–H groups in total. The Morgan fingerprint density at radius 3 is 2.12 bits per heavy atom. The lowest BCUT2D eigenvalue weighted by Crippen LogP contribution is -2.56. The second-order valence-electron chi connectivity index (χ2n) is 4.92. The molecule has 1 atom stereocenters. The first kappa shape index (κ1) is 20.1. The maximum atomic E-state index is 12.3. The second kappa shape index (κ2) is 8.92. The van der Waals surface area contributed by atoms with Crippen LogP contribution in [-0.4, -0.2) is 21.0 Å². The summed E-state index contributed by atoms with van der Waals surface area (Å²) in [6.07, 6.45) is -1.04. The molecule has 0 spiro atoms. The van der Waals surface area contributed by atoms with Crippen LogP contribution in [0.2, 0.25) is 5.02 Å². The van der Waals surface area contributed by atoms with E-state index >= 15 is 0 Å². The van der Waals surface area contributed by atoms with Gasteiger partial charge in [0.2, 0.25) is 3.79 Å². The van der Waals surface area contributed by atoms with Gasteiger partial charge in [-0.3, -0.25) is 4.79 Å². The molecule has 4 nitrogen and oxygen atoms in total. The summed E-state index contributed by atoms with van der Waals surface area (Å²) in [6.45, 7) is 0. The van der Waals surface area contributed by atoms with E-state index in [9.17, 15) is 4.79 Å². The van der Waals surface area contributed by atoms with E-state index in [1.165, 1.54) is 0 Å². The first-order chi connectivity index (χ1) is 11.8. The van der Waals surface area contributed by atoms with Crippen molar-refractivity contribution in [3.8, 4) is 0 Å². The topological polar surface area (TPSA) is 53.2 Å². The van der Waals surface area contributed by atoms with E-state index in [4.69, 9.17) is 58.6 Å². The van der Waals surface area contributed by atoms with Gasteiger partial charge in [0.1, 0.15) is 6.17 Å². The zero-order chi connectivity index (χ0) is 18.4. The molecule has 2 rings (SSSR count). The molecule has 25 heavy (non-hydrogen) atoms. The lowest BCUT2D eigenvalue weighted by molar-refractivity contribution is 0.0934. The average Bonchev–Trinajstić information content (AvgIpc) is 2.56. The highest BCUT2D eigenvalue weighted by molar-refractivity contribution is 7.80. The van der Waals surface area contributed by atoms with Gasteiger partial charge in [-0.25, -0.2) is 0 Å². The van der Waals surface area contributed by atoms with E-state index in [2.05, 4.69) is 16.0 Å². The number of benzene rings is 2. The van der Waals surface area contributed by atoms with Crippen molar-refractivity contribution in [2.45, 2.75) is 9.96 Å². The van der Waals surface area contributed by atoms with Crippen LogP contribution in [0.1, 0.15) is 10.4 Å². The van der Waals surface area contributed by atoms with E-state index in [1.807, 2.05) is 0 Å². The quantitative estimate of drug-likeness (QED) is 0.367.